The molecule has 100 valence electrons. The summed E-state index contributed by atoms with van der Waals surface area (Å²) in [4.78, 5) is 8.72. The first-order valence-corrected chi connectivity index (χ1v) is 7.63. The molecule has 0 bridgehead atoms. The molecule has 1 saturated heterocycles. The molecular weight excluding hydrogens is 256 g/mol. The van der Waals surface area contributed by atoms with E-state index in [0.717, 1.165) is 17.3 Å². The fraction of sp³-hybridized carbons (Fsp3) is 0.429. The van der Waals surface area contributed by atoms with Crippen LogP contribution in [0.3, 0.4) is 0 Å². The molecule has 3 heterocycles. The summed E-state index contributed by atoms with van der Waals surface area (Å²) in [6.45, 7) is 4.26. The fourth-order valence-corrected chi connectivity index (χ4v) is 3.57. The number of imidazole rings is 1. The molecule has 2 aromatic rings. The van der Waals surface area contributed by atoms with Crippen molar-refractivity contribution in [3.8, 4) is 5.82 Å². The second-order valence-electron chi connectivity index (χ2n) is 4.86. The van der Waals surface area contributed by atoms with E-state index >= 15 is 0 Å². The van der Waals surface area contributed by atoms with Crippen molar-refractivity contribution in [1.29, 1.82) is 0 Å². The summed E-state index contributed by atoms with van der Waals surface area (Å²) in [7, 11) is 0. The van der Waals surface area contributed by atoms with Crippen LogP contribution in [0, 0.1) is 6.92 Å². The van der Waals surface area contributed by atoms with E-state index in [-0.39, 0.29) is 0 Å². The van der Waals surface area contributed by atoms with Gasteiger partial charge in [0, 0.05) is 23.7 Å². The molecule has 0 radical (unpaired) electrons. The Hall–Kier alpha value is -1.49. The number of anilines is 1. The number of hydrogen-bond donors (Lipinski definition) is 1. The van der Waals surface area contributed by atoms with Crippen molar-refractivity contribution in [3.05, 3.63) is 36.5 Å². The molecule has 1 N–H and O–H groups in total. The van der Waals surface area contributed by atoms with Gasteiger partial charge < -0.3 is 5.32 Å². The molecule has 0 spiro atoms. The number of nitrogens with one attached hydrogen (secondary N) is 1. The van der Waals surface area contributed by atoms with E-state index in [2.05, 4.69) is 28.3 Å². The SMILES string of the molecule is Cc1nccn1-c1ccc(NC2CCSC2C)cn1. The Bertz CT molecular complexity index is 549. The number of nitrogens with zero attached hydrogens (tertiary/aromatic N) is 3. The minimum atomic E-state index is 0.563. The Morgan fingerprint density at radius 1 is 1.37 bits per heavy atom. The third-order valence-corrected chi connectivity index (χ3v) is 4.87. The van der Waals surface area contributed by atoms with Crippen LogP contribution in [0.2, 0.25) is 0 Å². The summed E-state index contributed by atoms with van der Waals surface area (Å²) in [5.74, 6) is 3.11. The van der Waals surface area contributed by atoms with Crippen LogP contribution in [0.15, 0.2) is 30.7 Å². The van der Waals surface area contributed by atoms with Gasteiger partial charge in [-0.05, 0) is 31.2 Å². The van der Waals surface area contributed by atoms with Crippen LogP contribution in [0.5, 0.6) is 0 Å². The van der Waals surface area contributed by atoms with Crippen molar-refractivity contribution in [3.63, 3.8) is 0 Å². The Balaban J connectivity index is 1.74. The number of aromatic nitrogens is 3. The predicted octanol–water partition coefficient (Wildman–Crippen LogP) is 2.88. The lowest BCUT2D eigenvalue weighted by Crippen LogP contribution is -2.24. The van der Waals surface area contributed by atoms with Crippen molar-refractivity contribution in [2.45, 2.75) is 31.6 Å². The van der Waals surface area contributed by atoms with Gasteiger partial charge in [0.15, 0.2) is 0 Å². The summed E-state index contributed by atoms with van der Waals surface area (Å²) in [6.07, 6.45) is 6.86. The molecule has 0 saturated carbocycles. The minimum absolute atomic E-state index is 0.563. The minimum Gasteiger partial charge on any atom is -0.380 e. The van der Waals surface area contributed by atoms with Gasteiger partial charge in [-0.3, -0.25) is 4.57 Å². The highest BCUT2D eigenvalue weighted by Crippen LogP contribution is 2.28. The smallest absolute Gasteiger partial charge is 0.138 e. The molecule has 5 heteroatoms. The van der Waals surface area contributed by atoms with Crippen molar-refractivity contribution in [2.24, 2.45) is 0 Å². The fourth-order valence-electron chi connectivity index (χ4n) is 2.37. The highest BCUT2D eigenvalue weighted by Gasteiger charge is 2.23. The molecule has 2 unspecified atom stereocenters. The lowest BCUT2D eigenvalue weighted by atomic mass is 10.1. The van der Waals surface area contributed by atoms with Gasteiger partial charge in [0.25, 0.3) is 0 Å². The summed E-state index contributed by atoms with van der Waals surface area (Å²) in [5, 5.41) is 4.25. The Morgan fingerprint density at radius 3 is 2.84 bits per heavy atom. The van der Waals surface area contributed by atoms with Crippen LogP contribution in [-0.4, -0.2) is 31.6 Å². The second kappa shape index (κ2) is 5.25. The predicted molar refractivity (Wildman–Crippen MR) is 80.0 cm³/mol. The largest absolute Gasteiger partial charge is 0.380 e. The first-order chi connectivity index (χ1) is 9.24. The van der Waals surface area contributed by atoms with Crippen LogP contribution in [-0.2, 0) is 0 Å². The molecule has 1 aliphatic heterocycles. The Kier molecular flexibility index (Phi) is 3.46. The number of hydrogen-bond acceptors (Lipinski definition) is 4. The molecule has 1 aliphatic rings. The third kappa shape index (κ3) is 2.61. The topological polar surface area (TPSA) is 42.7 Å². The van der Waals surface area contributed by atoms with Gasteiger partial charge in [-0.2, -0.15) is 11.8 Å². The van der Waals surface area contributed by atoms with Gasteiger partial charge in [-0.1, -0.05) is 6.92 Å². The van der Waals surface area contributed by atoms with E-state index in [0.29, 0.717) is 11.3 Å². The molecule has 2 atom stereocenters. The van der Waals surface area contributed by atoms with E-state index in [1.54, 1.807) is 6.20 Å². The van der Waals surface area contributed by atoms with Crippen LogP contribution in [0.25, 0.3) is 5.82 Å². The standard InChI is InChI=1S/C14H18N4S/c1-10-13(5-8-19-10)17-12-3-4-14(16-9-12)18-7-6-15-11(18)2/h3-4,6-7,9-10,13,17H,5,8H2,1-2H3. The summed E-state index contributed by atoms with van der Waals surface area (Å²) >= 11 is 2.03. The second-order valence-corrected chi connectivity index (χ2v) is 6.35. The quantitative estimate of drug-likeness (QED) is 0.934. The number of thioether (sulfide) groups is 1. The third-order valence-electron chi connectivity index (χ3n) is 3.55. The highest BCUT2D eigenvalue weighted by atomic mass is 32.2. The molecule has 1 fully saturated rings. The van der Waals surface area contributed by atoms with Crippen molar-refractivity contribution < 1.29 is 0 Å². The first-order valence-electron chi connectivity index (χ1n) is 6.58. The highest BCUT2D eigenvalue weighted by molar-refractivity contribution is 8.00. The van der Waals surface area contributed by atoms with E-state index in [1.807, 2.05) is 41.7 Å². The lowest BCUT2D eigenvalue weighted by molar-refractivity contribution is 0.723. The van der Waals surface area contributed by atoms with Crippen molar-refractivity contribution in [1.82, 2.24) is 14.5 Å². The number of aryl methyl sites for hydroxylation is 1. The molecule has 3 rings (SSSR count). The van der Waals surface area contributed by atoms with Gasteiger partial charge >= 0.3 is 0 Å². The molecule has 2 aromatic heterocycles. The number of pyridine rings is 1. The van der Waals surface area contributed by atoms with Crippen LogP contribution >= 0.6 is 11.8 Å². The van der Waals surface area contributed by atoms with Gasteiger partial charge in [0.1, 0.15) is 11.6 Å². The van der Waals surface area contributed by atoms with Gasteiger partial charge in [0.2, 0.25) is 0 Å². The zero-order chi connectivity index (χ0) is 13.2. The van der Waals surface area contributed by atoms with E-state index < -0.39 is 0 Å². The summed E-state index contributed by atoms with van der Waals surface area (Å²) in [5.41, 5.74) is 1.10. The maximum Gasteiger partial charge on any atom is 0.138 e. The van der Waals surface area contributed by atoms with Crippen molar-refractivity contribution in [2.75, 3.05) is 11.1 Å². The van der Waals surface area contributed by atoms with Gasteiger partial charge in [0.05, 0.1) is 11.9 Å². The molecule has 0 aromatic carbocycles. The average Bonchev–Trinajstić information content (AvgIpc) is 3.00. The average molecular weight is 274 g/mol. The summed E-state index contributed by atoms with van der Waals surface area (Å²) in [6, 6.07) is 4.69. The first kappa shape index (κ1) is 12.5. The zero-order valence-corrected chi connectivity index (χ0v) is 12.0. The van der Waals surface area contributed by atoms with Crippen molar-refractivity contribution >= 4 is 17.4 Å². The molecular formula is C14H18N4S. The normalized spacial score (nSPS) is 22.6. The lowest BCUT2D eigenvalue weighted by Gasteiger charge is -2.17. The molecule has 0 amide bonds. The Labute approximate surface area is 117 Å². The van der Waals surface area contributed by atoms with E-state index in [4.69, 9.17) is 0 Å². The van der Waals surface area contributed by atoms with Crippen LogP contribution in [0.4, 0.5) is 5.69 Å². The summed E-state index contributed by atoms with van der Waals surface area (Å²) < 4.78 is 1.98. The van der Waals surface area contributed by atoms with Crippen LogP contribution in [0.1, 0.15) is 19.2 Å². The molecule has 0 aliphatic carbocycles. The molecule has 4 nitrogen and oxygen atoms in total. The monoisotopic (exact) mass is 274 g/mol. The van der Waals surface area contributed by atoms with Gasteiger partial charge in [-0.15, -0.1) is 0 Å². The zero-order valence-electron chi connectivity index (χ0n) is 11.2. The van der Waals surface area contributed by atoms with E-state index in [9.17, 15) is 0 Å². The maximum absolute atomic E-state index is 4.50. The van der Waals surface area contributed by atoms with Crippen LogP contribution < -0.4 is 5.32 Å². The molecule has 19 heavy (non-hydrogen) atoms. The Morgan fingerprint density at radius 2 is 2.26 bits per heavy atom. The van der Waals surface area contributed by atoms with E-state index in [1.165, 1.54) is 12.2 Å². The maximum atomic E-state index is 4.50. The van der Waals surface area contributed by atoms with Gasteiger partial charge in [-0.25, -0.2) is 9.97 Å². The number of rotatable bonds is 3.